The summed E-state index contributed by atoms with van der Waals surface area (Å²) < 4.78 is 2.03. The molecule has 0 spiro atoms. The Labute approximate surface area is 183 Å². The number of aliphatic hydroxyl groups is 1. The van der Waals surface area contributed by atoms with Crippen molar-refractivity contribution in [3.63, 3.8) is 0 Å². The van der Waals surface area contributed by atoms with Gasteiger partial charge < -0.3 is 15.3 Å². The number of carbonyl (C=O) groups is 1. The molecule has 9 heteroatoms. The molecule has 0 aliphatic carbocycles. The third kappa shape index (κ3) is 4.17. The van der Waals surface area contributed by atoms with E-state index in [1.807, 2.05) is 12.1 Å². The Balaban J connectivity index is 1.86. The highest BCUT2D eigenvalue weighted by atomic mass is 32.1. The molecular formula is C22H23N5O3S. The molecular weight excluding hydrogens is 414 g/mol. The third-order valence-electron chi connectivity index (χ3n) is 5.40. The van der Waals surface area contributed by atoms with Crippen molar-refractivity contribution in [2.45, 2.75) is 25.8 Å². The normalized spacial score (nSPS) is 13.9. The number of rotatable bonds is 6. The molecule has 1 aliphatic heterocycles. The van der Waals surface area contributed by atoms with Gasteiger partial charge in [-0.1, -0.05) is 18.2 Å². The first-order valence-corrected chi connectivity index (χ1v) is 11.2. The molecule has 160 valence electrons. The van der Waals surface area contributed by atoms with Crippen LogP contribution >= 0.6 is 11.3 Å². The number of nitrogens with zero attached hydrogens (tertiary/aromatic N) is 4. The molecule has 3 aromatic rings. The van der Waals surface area contributed by atoms with Crippen molar-refractivity contribution in [2.75, 3.05) is 31.1 Å². The van der Waals surface area contributed by atoms with E-state index in [1.165, 1.54) is 11.3 Å². The van der Waals surface area contributed by atoms with Gasteiger partial charge in [-0.2, -0.15) is 5.26 Å². The van der Waals surface area contributed by atoms with Gasteiger partial charge in [-0.05, 0) is 30.9 Å². The molecule has 1 saturated heterocycles. The van der Waals surface area contributed by atoms with Gasteiger partial charge in [0.25, 0.3) is 11.5 Å². The van der Waals surface area contributed by atoms with Crippen molar-refractivity contribution in [3.8, 4) is 6.07 Å². The predicted molar refractivity (Wildman–Crippen MR) is 120 cm³/mol. The molecule has 3 heterocycles. The minimum absolute atomic E-state index is 0.136. The minimum atomic E-state index is -0.357. The highest BCUT2D eigenvalue weighted by Gasteiger charge is 2.23. The maximum absolute atomic E-state index is 13.5. The Morgan fingerprint density at radius 2 is 2.03 bits per heavy atom. The topological polar surface area (TPSA) is 111 Å². The van der Waals surface area contributed by atoms with Gasteiger partial charge in [-0.15, -0.1) is 11.3 Å². The van der Waals surface area contributed by atoms with E-state index in [2.05, 4.69) is 16.3 Å². The number of benzene rings is 1. The molecule has 0 unspecified atom stereocenters. The summed E-state index contributed by atoms with van der Waals surface area (Å²) in [5, 5.41) is 22.7. The standard InChI is InChI=1S/C22H23N5O3S/c23-12-15-6-2-3-7-16(15)13-27-21(30)19-18(17(14-31-19)20(29)24-8-11-28)25-22(27)26-9-4-1-5-10-26/h2-3,6-7,14,28H,1,4-5,8-11,13H2,(H,24,29). The highest BCUT2D eigenvalue weighted by Crippen LogP contribution is 2.26. The quantitative estimate of drug-likeness (QED) is 0.611. The molecule has 4 rings (SSSR count). The second-order valence-corrected chi connectivity index (χ2v) is 8.31. The molecule has 2 aromatic heterocycles. The number of thiophene rings is 1. The summed E-state index contributed by atoms with van der Waals surface area (Å²) >= 11 is 1.19. The first-order chi connectivity index (χ1) is 15.1. The van der Waals surface area contributed by atoms with Gasteiger partial charge in [0.15, 0.2) is 0 Å². The largest absolute Gasteiger partial charge is 0.395 e. The van der Waals surface area contributed by atoms with Crippen LogP contribution in [0.25, 0.3) is 10.2 Å². The van der Waals surface area contributed by atoms with E-state index in [9.17, 15) is 14.9 Å². The minimum Gasteiger partial charge on any atom is -0.395 e. The molecule has 1 aliphatic rings. The first kappa shape index (κ1) is 21.0. The van der Waals surface area contributed by atoms with Crippen molar-refractivity contribution < 1.29 is 9.90 Å². The summed E-state index contributed by atoms with van der Waals surface area (Å²) in [6.45, 7) is 1.78. The van der Waals surface area contributed by atoms with E-state index in [0.717, 1.165) is 37.9 Å². The van der Waals surface area contributed by atoms with Crippen molar-refractivity contribution >= 4 is 33.4 Å². The monoisotopic (exact) mass is 437 g/mol. The van der Waals surface area contributed by atoms with E-state index in [1.54, 1.807) is 22.1 Å². The molecule has 0 bridgehead atoms. The number of aliphatic hydroxyl groups excluding tert-OH is 1. The number of piperidine rings is 1. The Hall–Kier alpha value is -3.22. The van der Waals surface area contributed by atoms with E-state index in [4.69, 9.17) is 10.1 Å². The lowest BCUT2D eigenvalue weighted by atomic mass is 10.1. The maximum Gasteiger partial charge on any atom is 0.273 e. The Bertz CT molecular complexity index is 1200. The number of amides is 1. The second-order valence-electron chi connectivity index (χ2n) is 7.43. The fourth-order valence-electron chi connectivity index (χ4n) is 3.83. The van der Waals surface area contributed by atoms with Gasteiger partial charge in [0.2, 0.25) is 5.95 Å². The fraction of sp³-hybridized carbons (Fsp3) is 0.364. The average molecular weight is 438 g/mol. The number of anilines is 1. The van der Waals surface area contributed by atoms with Crippen LogP contribution < -0.4 is 15.8 Å². The lowest BCUT2D eigenvalue weighted by Crippen LogP contribution is -2.36. The number of fused-ring (bicyclic) bond motifs is 1. The average Bonchev–Trinajstić information content (AvgIpc) is 3.24. The van der Waals surface area contributed by atoms with Gasteiger partial charge in [-0.25, -0.2) is 4.98 Å². The molecule has 1 fully saturated rings. The highest BCUT2D eigenvalue weighted by molar-refractivity contribution is 7.17. The SMILES string of the molecule is N#Cc1ccccc1Cn1c(N2CCCCC2)nc2c(C(=O)NCCO)csc2c1=O. The van der Waals surface area contributed by atoms with Gasteiger partial charge >= 0.3 is 0 Å². The van der Waals surface area contributed by atoms with Gasteiger partial charge in [0.05, 0.1) is 30.3 Å². The van der Waals surface area contributed by atoms with Crippen LogP contribution in [0.3, 0.4) is 0 Å². The molecule has 0 radical (unpaired) electrons. The predicted octanol–water partition coefficient (Wildman–Crippen LogP) is 2.09. The Morgan fingerprint density at radius 1 is 1.26 bits per heavy atom. The molecule has 2 N–H and O–H groups in total. The number of hydrogen-bond donors (Lipinski definition) is 2. The number of nitriles is 1. The summed E-state index contributed by atoms with van der Waals surface area (Å²) in [6.07, 6.45) is 3.15. The molecule has 1 amide bonds. The number of nitrogens with one attached hydrogen (secondary N) is 1. The summed E-state index contributed by atoms with van der Waals surface area (Å²) in [7, 11) is 0. The van der Waals surface area contributed by atoms with E-state index in [0.29, 0.717) is 27.3 Å². The van der Waals surface area contributed by atoms with Gasteiger partial charge in [0.1, 0.15) is 10.2 Å². The molecule has 8 nitrogen and oxygen atoms in total. The zero-order valence-electron chi connectivity index (χ0n) is 17.0. The summed E-state index contributed by atoms with van der Waals surface area (Å²) in [5.74, 6) is 0.170. The van der Waals surface area contributed by atoms with E-state index >= 15 is 0 Å². The van der Waals surface area contributed by atoms with Crippen molar-refractivity contribution in [2.24, 2.45) is 0 Å². The lowest BCUT2D eigenvalue weighted by molar-refractivity contribution is 0.0946. The maximum atomic E-state index is 13.5. The first-order valence-electron chi connectivity index (χ1n) is 10.3. The van der Waals surface area contributed by atoms with Crippen LogP contribution in [-0.2, 0) is 6.54 Å². The van der Waals surface area contributed by atoms with Crippen LogP contribution in [0.1, 0.15) is 40.7 Å². The molecule has 1 aromatic carbocycles. The number of hydrogen-bond acceptors (Lipinski definition) is 7. The summed E-state index contributed by atoms with van der Waals surface area (Å²) in [6, 6.07) is 9.42. The van der Waals surface area contributed by atoms with Crippen LogP contribution in [0.15, 0.2) is 34.4 Å². The van der Waals surface area contributed by atoms with Crippen LogP contribution in [0.4, 0.5) is 5.95 Å². The fourth-order valence-corrected chi connectivity index (χ4v) is 4.76. The van der Waals surface area contributed by atoms with Gasteiger partial charge in [0, 0.05) is 25.0 Å². The zero-order chi connectivity index (χ0) is 21.8. The smallest absolute Gasteiger partial charge is 0.273 e. The summed E-state index contributed by atoms with van der Waals surface area (Å²) in [5.41, 5.74) is 1.78. The zero-order valence-corrected chi connectivity index (χ0v) is 17.8. The molecule has 0 saturated carbocycles. The van der Waals surface area contributed by atoms with Crippen LogP contribution in [-0.4, -0.2) is 46.8 Å². The van der Waals surface area contributed by atoms with Crippen molar-refractivity contribution in [3.05, 3.63) is 56.7 Å². The van der Waals surface area contributed by atoms with Crippen LogP contribution in [0.2, 0.25) is 0 Å². The third-order valence-corrected chi connectivity index (χ3v) is 6.36. The van der Waals surface area contributed by atoms with E-state index in [-0.39, 0.29) is 31.2 Å². The van der Waals surface area contributed by atoms with Crippen molar-refractivity contribution in [1.82, 2.24) is 14.9 Å². The van der Waals surface area contributed by atoms with Crippen LogP contribution in [0.5, 0.6) is 0 Å². The second kappa shape index (κ2) is 9.29. The number of aromatic nitrogens is 2. The summed E-state index contributed by atoms with van der Waals surface area (Å²) in [4.78, 5) is 32.9. The molecule has 0 atom stereocenters. The Kier molecular flexibility index (Phi) is 6.30. The number of carbonyl (C=O) groups excluding carboxylic acids is 1. The lowest BCUT2D eigenvalue weighted by Gasteiger charge is -2.29. The van der Waals surface area contributed by atoms with Crippen LogP contribution in [0, 0.1) is 11.3 Å². The van der Waals surface area contributed by atoms with E-state index < -0.39 is 0 Å². The van der Waals surface area contributed by atoms with Gasteiger partial charge in [-0.3, -0.25) is 14.2 Å². The van der Waals surface area contributed by atoms with Crippen molar-refractivity contribution in [1.29, 1.82) is 5.26 Å². The Morgan fingerprint density at radius 3 is 2.77 bits per heavy atom. The molecule has 31 heavy (non-hydrogen) atoms.